The molecule has 0 saturated heterocycles. The van der Waals surface area contributed by atoms with Gasteiger partial charge in [0.25, 0.3) is 11.7 Å². The zero-order chi connectivity index (χ0) is 16.8. The molecule has 1 aliphatic heterocycles. The summed E-state index contributed by atoms with van der Waals surface area (Å²) in [6, 6.07) is 0. The fourth-order valence-corrected chi connectivity index (χ4v) is 3.19. The minimum absolute atomic E-state index is 0.158. The fraction of sp³-hybridized carbons (Fsp3) is 0.571. The summed E-state index contributed by atoms with van der Waals surface area (Å²) in [6.07, 6.45) is -0.447. The highest BCUT2D eigenvalue weighted by Gasteiger charge is 2.27. The van der Waals surface area contributed by atoms with Crippen molar-refractivity contribution in [2.45, 2.75) is 19.3 Å². The number of ether oxygens (including phenoxy) is 3. The van der Waals surface area contributed by atoms with E-state index in [4.69, 9.17) is 9.47 Å². The van der Waals surface area contributed by atoms with E-state index in [-0.39, 0.29) is 12.3 Å². The third-order valence-electron chi connectivity index (χ3n) is 3.14. The minimum Gasteiger partial charge on any atom is -0.489 e. The number of halogens is 2. The van der Waals surface area contributed by atoms with E-state index in [9.17, 15) is 18.4 Å². The smallest absolute Gasteiger partial charge is 0.325 e. The van der Waals surface area contributed by atoms with Crippen LogP contribution in [0.25, 0.3) is 0 Å². The van der Waals surface area contributed by atoms with Crippen molar-refractivity contribution in [1.82, 2.24) is 5.32 Å². The molecule has 1 saturated carbocycles. The van der Waals surface area contributed by atoms with Gasteiger partial charge in [-0.05, 0) is 18.8 Å². The molecule has 1 aliphatic carbocycles. The van der Waals surface area contributed by atoms with Crippen molar-refractivity contribution < 1.29 is 32.6 Å². The fourth-order valence-electron chi connectivity index (χ4n) is 1.71. The van der Waals surface area contributed by atoms with Gasteiger partial charge in [0.05, 0.1) is 13.7 Å². The summed E-state index contributed by atoms with van der Waals surface area (Å²) >= 11 is 0. The van der Waals surface area contributed by atoms with Crippen molar-refractivity contribution in [3.63, 3.8) is 0 Å². The maximum atomic E-state index is 12.3. The molecule has 0 radical (unpaired) electrons. The molecule has 0 bridgehead atoms. The average molecular weight is 351 g/mol. The van der Waals surface area contributed by atoms with Crippen molar-refractivity contribution in [3.05, 3.63) is 22.3 Å². The molecule has 1 unspecified atom stereocenters. The van der Waals surface area contributed by atoms with Gasteiger partial charge in [-0.1, -0.05) is 0 Å². The summed E-state index contributed by atoms with van der Waals surface area (Å²) in [5, 5.41) is 5.06. The van der Waals surface area contributed by atoms with Crippen LogP contribution in [-0.4, -0.2) is 44.5 Å². The van der Waals surface area contributed by atoms with Crippen LogP contribution in [0.3, 0.4) is 0 Å². The first-order valence-electron chi connectivity index (χ1n) is 7.10. The molecule has 1 amide bonds. The second-order valence-corrected chi connectivity index (χ2v) is 6.82. The molecule has 0 aromatic rings. The number of methoxy groups -OCH3 is 1. The van der Waals surface area contributed by atoms with Crippen molar-refractivity contribution in [1.29, 1.82) is 0 Å². The zero-order valence-corrected chi connectivity index (χ0v) is 13.5. The Hall–Kier alpha value is -1.77. The first-order valence-corrected chi connectivity index (χ1v) is 8.58. The van der Waals surface area contributed by atoms with E-state index in [0.717, 1.165) is 12.8 Å². The number of nitrogens with one attached hydrogen (secondary N) is 1. The summed E-state index contributed by atoms with van der Waals surface area (Å²) in [6.45, 7) is -0.529. The van der Waals surface area contributed by atoms with E-state index in [0.29, 0.717) is 18.3 Å². The van der Waals surface area contributed by atoms with Crippen molar-refractivity contribution in [2.75, 3.05) is 26.9 Å². The Morgan fingerprint density at radius 1 is 1.30 bits per heavy atom. The first-order chi connectivity index (χ1) is 11.0. The van der Waals surface area contributed by atoms with Gasteiger partial charge in [0.1, 0.15) is 13.2 Å². The predicted molar refractivity (Wildman–Crippen MR) is 81.2 cm³/mol. The Bertz CT molecular complexity index is 497. The van der Waals surface area contributed by atoms with Gasteiger partial charge >= 0.3 is 5.97 Å². The number of rotatable bonds is 8. The SMILES string of the molecule is COC(=O)CNC(=O)[SH]1C=C(OCC(F)F)C(OCC2CC2)=C1. The van der Waals surface area contributed by atoms with E-state index in [1.807, 2.05) is 0 Å². The van der Waals surface area contributed by atoms with E-state index in [1.165, 1.54) is 12.5 Å². The van der Waals surface area contributed by atoms with Crippen LogP contribution in [-0.2, 0) is 19.0 Å². The van der Waals surface area contributed by atoms with Crippen molar-refractivity contribution >= 4 is 22.1 Å². The van der Waals surface area contributed by atoms with E-state index < -0.39 is 35.1 Å². The van der Waals surface area contributed by atoms with Gasteiger partial charge in [-0.3, -0.25) is 9.59 Å². The lowest BCUT2D eigenvalue weighted by atomic mass is 10.4. The topological polar surface area (TPSA) is 73.9 Å². The van der Waals surface area contributed by atoms with E-state index in [2.05, 4.69) is 10.1 Å². The Balaban J connectivity index is 1.94. The third kappa shape index (κ3) is 5.74. The Kier molecular flexibility index (Phi) is 6.26. The molecule has 6 nitrogen and oxygen atoms in total. The quantitative estimate of drug-likeness (QED) is 0.518. The van der Waals surface area contributed by atoms with Crippen LogP contribution < -0.4 is 5.32 Å². The van der Waals surface area contributed by atoms with Gasteiger partial charge in [-0.2, -0.15) is 0 Å². The molecule has 2 rings (SSSR count). The number of amides is 1. The standard InChI is InChI=1S/C14H19F2NO5S/c1-20-13(18)4-17-14(19)23-7-10(21-5-9-2-3-9)11(8-23)22-6-12(15)16/h7-9,12,23H,2-6H2,1H3,(H,17,19). The summed E-state index contributed by atoms with van der Waals surface area (Å²) in [5.74, 6) is 0.384. The average Bonchev–Trinajstić information content (AvgIpc) is 3.27. The second kappa shape index (κ2) is 8.19. The van der Waals surface area contributed by atoms with Crippen LogP contribution in [0.15, 0.2) is 22.3 Å². The molecular weight excluding hydrogens is 332 g/mol. The summed E-state index contributed by atoms with van der Waals surface area (Å²) in [5.41, 5.74) is 0. The Morgan fingerprint density at radius 3 is 2.52 bits per heavy atom. The lowest BCUT2D eigenvalue weighted by Gasteiger charge is -2.11. The van der Waals surface area contributed by atoms with Crippen LogP contribution in [0, 0.1) is 5.92 Å². The highest BCUT2D eigenvalue weighted by molar-refractivity contribution is 8.34. The number of hydrogen-bond acceptors (Lipinski definition) is 5. The van der Waals surface area contributed by atoms with Crippen LogP contribution in [0.2, 0.25) is 0 Å². The minimum atomic E-state index is -2.61. The maximum Gasteiger partial charge on any atom is 0.325 e. The number of hydrogen-bond donors (Lipinski definition) is 2. The molecule has 0 spiro atoms. The van der Waals surface area contributed by atoms with Crippen molar-refractivity contribution in [2.24, 2.45) is 5.92 Å². The van der Waals surface area contributed by atoms with Crippen LogP contribution in [0.5, 0.6) is 0 Å². The summed E-state index contributed by atoms with van der Waals surface area (Å²) < 4.78 is 39.6. The van der Waals surface area contributed by atoms with Crippen molar-refractivity contribution in [3.8, 4) is 0 Å². The van der Waals surface area contributed by atoms with Gasteiger partial charge < -0.3 is 19.5 Å². The number of alkyl halides is 2. The zero-order valence-electron chi connectivity index (χ0n) is 12.6. The van der Waals surface area contributed by atoms with Crippen LogP contribution in [0.1, 0.15) is 12.8 Å². The molecule has 1 atom stereocenters. The number of carbonyl (C=O) groups is 2. The maximum absolute atomic E-state index is 12.3. The van der Waals surface area contributed by atoms with Crippen LogP contribution >= 0.6 is 10.9 Å². The normalized spacial score (nSPS) is 21.5. The number of esters is 1. The van der Waals surface area contributed by atoms with Gasteiger partial charge in [0, 0.05) is 10.8 Å². The Labute approximate surface area is 135 Å². The molecule has 0 aromatic carbocycles. The molecule has 1 fully saturated rings. The first kappa shape index (κ1) is 17.6. The van der Waals surface area contributed by atoms with Gasteiger partial charge in [0.15, 0.2) is 11.5 Å². The van der Waals surface area contributed by atoms with Gasteiger partial charge in [-0.25, -0.2) is 8.78 Å². The lowest BCUT2D eigenvalue weighted by Crippen LogP contribution is -2.28. The van der Waals surface area contributed by atoms with E-state index >= 15 is 0 Å². The van der Waals surface area contributed by atoms with Crippen LogP contribution in [0.4, 0.5) is 13.6 Å². The summed E-state index contributed by atoms with van der Waals surface area (Å²) in [4.78, 5) is 23.0. The third-order valence-corrected chi connectivity index (χ3v) is 4.79. The predicted octanol–water partition coefficient (Wildman–Crippen LogP) is 2.27. The molecule has 0 aromatic heterocycles. The second-order valence-electron chi connectivity index (χ2n) is 5.09. The number of carbonyl (C=O) groups excluding carboxylic acids is 2. The monoisotopic (exact) mass is 351 g/mol. The molecule has 2 aliphatic rings. The van der Waals surface area contributed by atoms with Gasteiger partial charge in [0.2, 0.25) is 0 Å². The molecule has 23 heavy (non-hydrogen) atoms. The number of thiol groups is 1. The lowest BCUT2D eigenvalue weighted by molar-refractivity contribution is -0.139. The molecule has 130 valence electrons. The summed E-state index contributed by atoms with van der Waals surface area (Å²) in [7, 11) is -0.221. The molecule has 1 N–H and O–H groups in total. The highest BCUT2D eigenvalue weighted by atomic mass is 32.2. The van der Waals surface area contributed by atoms with E-state index in [1.54, 1.807) is 5.41 Å². The molecular formula is C14H19F2NO5S. The largest absolute Gasteiger partial charge is 0.489 e. The Morgan fingerprint density at radius 2 is 1.96 bits per heavy atom. The van der Waals surface area contributed by atoms with Gasteiger partial charge in [-0.15, -0.1) is 10.9 Å². The molecule has 9 heteroatoms. The highest BCUT2D eigenvalue weighted by Crippen LogP contribution is 2.42. The molecule has 1 heterocycles.